The van der Waals surface area contributed by atoms with Crippen LogP contribution in [0.1, 0.15) is 43.5 Å². The molecule has 4 heteroatoms. The van der Waals surface area contributed by atoms with E-state index < -0.39 is 5.82 Å². The lowest BCUT2D eigenvalue weighted by atomic mass is 10.0. The molecule has 1 N–H and O–H groups in total. The van der Waals surface area contributed by atoms with Gasteiger partial charge in [0.1, 0.15) is 5.82 Å². The van der Waals surface area contributed by atoms with Gasteiger partial charge in [0.2, 0.25) is 0 Å². The minimum absolute atomic E-state index is 0.0145. The third-order valence-corrected chi connectivity index (χ3v) is 4.10. The molecule has 0 saturated carbocycles. The number of halogens is 3. The Kier molecular flexibility index (Phi) is 5.63. The maximum absolute atomic E-state index is 13.6. The number of nitrogens with one attached hydrogen (secondary N) is 1. The van der Waals surface area contributed by atoms with Crippen molar-refractivity contribution in [2.45, 2.75) is 32.4 Å². The van der Waals surface area contributed by atoms with Crippen LogP contribution in [-0.2, 0) is 0 Å². The van der Waals surface area contributed by atoms with Gasteiger partial charge in [-0.15, -0.1) is 0 Å². The SMILES string of the molecule is CCC(NC(C)c1ccc(Cl)c(F)c1)c1cccc(Cl)c1. The Balaban J connectivity index is 2.16. The predicted molar refractivity (Wildman–Crippen MR) is 87.4 cm³/mol. The lowest BCUT2D eigenvalue weighted by Crippen LogP contribution is -2.24. The van der Waals surface area contributed by atoms with E-state index in [1.165, 1.54) is 6.07 Å². The monoisotopic (exact) mass is 325 g/mol. The molecule has 0 saturated heterocycles. The van der Waals surface area contributed by atoms with Gasteiger partial charge in [-0.25, -0.2) is 4.39 Å². The van der Waals surface area contributed by atoms with Crippen molar-refractivity contribution in [2.75, 3.05) is 0 Å². The summed E-state index contributed by atoms with van der Waals surface area (Å²) in [6.07, 6.45) is 0.917. The first-order valence-electron chi connectivity index (χ1n) is 6.97. The molecule has 1 nitrogen and oxygen atoms in total. The van der Waals surface area contributed by atoms with Gasteiger partial charge in [-0.1, -0.05) is 48.3 Å². The third kappa shape index (κ3) is 4.19. The molecule has 21 heavy (non-hydrogen) atoms. The molecule has 0 aromatic heterocycles. The van der Waals surface area contributed by atoms with Crippen molar-refractivity contribution in [1.82, 2.24) is 5.32 Å². The molecule has 2 aromatic rings. The average Bonchev–Trinajstić information content (AvgIpc) is 2.47. The maximum Gasteiger partial charge on any atom is 0.142 e. The molecular formula is C17H18Cl2FN. The van der Waals surface area contributed by atoms with Crippen molar-refractivity contribution < 1.29 is 4.39 Å². The highest BCUT2D eigenvalue weighted by molar-refractivity contribution is 6.30. The quantitative estimate of drug-likeness (QED) is 0.717. The molecule has 0 fully saturated rings. The molecule has 0 aliphatic rings. The van der Waals surface area contributed by atoms with Crippen LogP contribution in [0, 0.1) is 5.82 Å². The number of hydrogen-bond donors (Lipinski definition) is 1. The van der Waals surface area contributed by atoms with Crippen LogP contribution in [0.25, 0.3) is 0 Å². The van der Waals surface area contributed by atoms with Crippen LogP contribution < -0.4 is 5.32 Å². The fraction of sp³-hybridized carbons (Fsp3) is 0.294. The van der Waals surface area contributed by atoms with Crippen LogP contribution in [0.2, 0.25) is 10.0 Å². The van der Waals surface area contributed by atoms with E-state index in [2.05, 4.69) is 12.2 Å². The summed E-state index contributed by atoms with van der Waals surface area (Å²) >= 11 is 11.8. The fourth-order valence-corrected chi connectivity index (χ4v) is 2.67. The van der Waals surface area contributed by atoms with Crippen LogP contribution in [0.5, 0.6) is 0 Å². The van der Waals surface area contributed by atoms with Crippen molar-refractivity contribution in [3.63, 3.8) is 0 Å². The molecular weight excluding hydrogens is 308 g/mol. The van der Waals surface area contributed by atoms with Gasteiger partial charge in [0, 0.05) is 17.1 Å². The van der Waals surface area contributed by atoms with Gasteiger partial charge >= 0.3 is 0 Å². The first kappa shape index (κ1) is 16.3. The van der Waals surface area contributed by atoms with E-state index in [-0.39, 0.29) is 17.1 Å². The van der Waals surface area contributed by atoms with Crippen molar-refractivity contribution in [3.05, 3.63) is 69.5 Å². The highest BCUT2D eigenvalue weighted by Gasteiger charge is 2.15. The van der Waals surface area contributed by atoms with E-state index in [0.717, 1.165) is 22.6 Å². The van der Waals surface area contributed by atoms with E-state index in [0.29, 0.717) is 0 Å². The Morgan fingerprint density at radius 3 is 2.48 bits per heavy atom. The van der Waals surface area contributed by atoms with Crippen LogP contribution in [0.4, 0.5) is 4.39 Å². The summed E-state index contributed by atoms with van der Waals surface area (Å²) < 4.78 is 13.6. The smallest absolute Gasteiger partial charge is 0.142 e. The normalized spacial score (nSPS) is 14.0. The molecule has 0 radical (unpaired) electrons. The molecule has 0 aliphatic heterocycles. The fourth-order valence-electron chi connectivity index (χ4n) is 2.35. The lowest BCUT2D eigenvalue weighted by Gasteiger charge is -2.23. The van der Waals surface area contributed by atoms with E-state index in [1.54, 1.807) is 6.07 Å². The summed E-state index contributed by atoms with van der Waals surface area (Å²) in [5, 5.41) is 4.37. The molecule has 0 amide bonds. The van der Waals surface area contributed by atoms with Crippen LogP contribution >= 0.6 is 23.2 Å². The summed E-state index contributed by atoms with van der Waals surface area (Å²) in [5.74, 6) is -0.390. The highest BCUT2D eigenvalue weighted by Crippen LogP contribution is 2.25. The van der Waals surface area contributed by atoms with E-state index in [4.69, 9.17) is 23.2 Å². The van der Waals surface area contributed by atoms with Gasteiger partial charge in [-0.2, -0.15) is 0 Å². The van der Waals surface area contributed by atoms with Crippen molar-refractivity contribution >= 4 is 23.2 Å². The molecule has 0 spiro atoms. The van der Waals surface area contributed by atoms with Gasteiger partial charge in [-0.05, 0) is 48.7 Å². The molecule has 0 heterocycles. The zero-order valence-corrected chi connectivity index (χ0v) is 13.5. The molecule has 112 valence electrons. The molecule has 0 aliphatic carbocycles. The molecule has 2 rings (SSSR count). The molecule has 2 atom stereocenters. The van der Waals surface area contributed by atoms with Crippen LogP contribution in [0.3, 0.4) is 0 Å². The number of rotatable bonds is 5. The summed E-state index contributed by atoms with van der Waals surface area (Å²) in [6, 6.07) is 12.9. The molecule has 2 unspecified atom stereocenters. The Bertz CT molecular complexity index is 615. The Hall–Kier alpha value is -1.09. The summed E-state index contributed by atoms with van der Waals surface area (Å²) in [4.78, 5) is 0. The Morgan fingerprint density at radius 2 is 1.86 bits per heavy atom. The zero-order chi connectivity index (χ0) is 15.4. The van der Waals surface area contributed by atoms with E-state index in [1.807, 2.05) is 37.3 Å². The first-order chi connectivity index (χ1) is 10.0. The van der Waals surface area contributed by atoms with Crippen molar-refractivity contribution in [1.29, 1.82) is 0 Å². The summed E-state index contributed by atoms with van der Waals surface area (Å²) in [7, 11) is 0. The van der Waals surface area contributed by atoms with E-state index >= 15 is 0 Å². The summed E-state index contributed by atoms with van der Waals surface area (Å²) in [5.41, 5.74) is 2.00. The molecule has 2 aromatic carbocycles. The minimum atomic E-state index is -0.390. The van der Waals surface area contributed by atoms with Gasteiger partial charge in [-0.3, -0.25) is 0 Å². The van der Waals surface area contributed by atoms with E-state index in [9.17, 15) is 4.39 Å². The first-order valence-corrected chi connectivity index (χ1v) is 7.73. The van der Waals surface area contributed by atoms with Gasteiger partial charge in [0.15, 0.2) is 0 Å². The Morgan fingerprint density at radius 1 is 1.10 bits per heavy atom. The second-order valence-electron chi connectivity index (χ2n) is 5.08. The maximum atomic E-state index is 13.6. The Labute approximate surface area is 135 Å². The number of benzene rings is 2. The second kappa shape index (κ2) is 7.26. The zero-order valence-electron chi connectivity index (χ0n) is 12.0. The summed E-state index contributed by atoms with van der Waals surface area (Å²) in [6.45, 7) is 4.11. The highest BCUT2D eigenvalue weighted by atomic mass is 35.5. The topological polar surface area (TPSA) is 12.0 Å². The third-order valence-electron chi connectivity index (χ3n) is 3.55. The van der Waals surface area contributed by atoms with Gasteiger partial charge in [0.05, 0.1) is 5.02 Å². The van der Waals surface area contributed by atoms with Gasteiger partial charge in [0.25, 0.3) is 0 Å². The largest absolute Gasteiger partial charge is 0.303 e. The average molecular weight is 326 g/mol. The van der Waals surface area contributed by atoms with Gasteiger partial charge < -0.3 is 5.32 Å². The second-order valence-corrected chi connectivity index (χ2v) is 5.92. The number of hydrogen-bond acceptors (Lipinski definition) is 1. The van der Waals surface area contributed by atoms with Crippen LogP contribution in [0.15, 0.2) is 42.5 Å². The molecule has 0 bridgehead atoms. The van der Waals surface area contributed by atoms with Crippen molar-refractivity contribution in [3.8, 4) is 0 Å². The van der Waals surface area contributed by atoms with Crippen LogP contribution in [-0.4, -0.2) is 0 Å². The standard InChI is InChI=1S/C17H18Cl2FN/c1-3-17(13-5-4-6-14(18)9-13)21-11(2)12-7-8-15(19)16(20)10-12/h4-11,17,21H,3H2,1-2H3. The minimum Gasteiger partial charge on any atom is -0.303 e. The predicted octanol–water partition coefficient (Wildman–Crippen LogP) is 5.93. The lowest BCUT2D eigenvalue weighted by molar-refractivity contribution is 0.455. The van der Waals surface area contributed by atoms with Crippen molar-refractivity contribution in [2.24, 2.45) is 0 Å².